The van der Waals surface area contributed by atoms with Gasteiger partial charge in [0.25, 0.3) is 0 Å². The molecule has 4 nitrogen and oxygen atoms in total. The summed E-state index contributed by atoms with van der Waals surface area (Å²) in [5.41, 5.74) is 5.31. The Bertz CT molecular complexity index is 249. The Labute approximate surface area is 96.8 Å². The van der Waals surface area contributed by atoms with Crippen LogP contribution in [0.4, 0.5) is 0 Å². The molecule has 16 heavy (non-hydrogen) atoms. The Kier molecular flexibility index (Phi) is 3.82. The first-order valence-corrected chi connectivity index (χ1v) is 6.40. The van der Waals surface area contributed by atoms with E-state index in [2.05, 4.69) is 4.90 Å². The largest absolute Gasteiger partial charge is 0.391 e. The molecule has 1 amide bonds. The monoisotopic (exact) mass is 226 g/mol. The number of primary amides is 1. The zero-order valence-corrected chi connectivity index (χ0v) is 9.77. The van der Waals surface area contributed by atoms with Crippen LogP contribution in [-0.4, -0.2) is 41.1 Å². The zero-order valence-electron chi connectivity index (χ0n) is 9.77. The molecule has 0 unspecified atom stereocenters. The highest BCUT2D eigenvalue weighted by Gasteiger charge is 2.32. The highest BCUT2D eigenvalue weighted by molar-refractivity contribution is 5.76. The molecule has 3 N–H and O–H groups in total. The third-order valence-electron chi connectivity index (χ3n) is 4.09. The summed E-state index contributed by atoms with van der Waals surface area (Å²) in [6, 6.07) is 0.322. The summed E-state index contributed by atoms with van der Waals surface area (Å²) >= 11 is 0. The van der Waals surface area contributed by atoms with Gasteiger partial charge in [-0.05, 0) is 38.8 Å². The first kappa shape index (κ1) is 11.9. The molecular formula is C12H22N2O2. The fraction of sp³-hybridized carbons (Fsp3) is 0.917. The molecule has 0 radical (unpaired) electrons. The summed E-state index contributed by atoms with van der Waals surface area (Å²) in [6.45, 7) is 1.82. The van der Waals surface area contributed by atoms with Crippen molar-refractivity contribution in [3.05, 3.63) is 0 Å². The van der Waals surface area contributed by atoms with Crippen molar-refractivity contribution in [2.75, 3.05) is 13.1 Å². The lowest BCUT2D eigenvalue weighted by atomic mass is 9.88. The number of rotatable bonds is 2. The number of carbonyl (C=O) groups is 1. The fourth-order valence-electron chi connectivity index (χ4n) is 3.03. The van der Waals surface area contributed by atoms with E-state index in [9.17, 15) is 9.90 Å². The van der Waals surface area contributed by atoms with Gasteiger partial charge in [0.2, 0.25) is 5.91 Å². The highest BCUT2D eigenvalue weighted by Crippen LogP contribution is 2.27. The number of nitrogens with zero attached hydrogens (tertiary/aromatic N) is 1. The van der Waals surface area contributed by atoms with Crippen molar-refractivity contribution in [1.29, 1.82) is 0 Å². The van der Waals surface area contributed by atoms with Gasteiger partial charge in [-0.25, -0.2) is 0 Å². The number of hydrogen-bond acceptors (Lipinski definition) is 3. The average Bonchev–Trinajstić information content (AvgIpc) is 2.30. The minimum atomic E-state index is -0.168. The van der Waals surface area contributed by atoms with E-state index in [1.807, 2.05) is 0 Å². The minimum absolute atomic E-state index is 0.0528. The van der Waals surface area contributed by atoms with Crippen molar-refractivity contribution in [1.82, 2.24) is 4.90 Å². The van der Waals surface area contributed by atoms with E-state index in [1.165, 1.54) is 6.42 Å². The van der Waals surface area contributed by atoms with Crippen LogP contribution in [0.5, 0.6) is 0 Å². The summed E-state index contributed by atoms with van der Waals surface area (Å²) in [5.74, 6) is -0.110. The van der Waals surface area contributed by atoms with Gasteiger partial charge in [-0.15, -0.1) is 0 Å². The van der Waals surface area contributed by atoms with Crippen molar-refractivity contribution < 1.29 is 9.90 Å². The lowest BCUT2D eigenvalue weighted by Gasteiger charge is -2.41. The van der Waals surface area contributed by atoms with Crippen LogP contribution in [0.3, 0.4) is 0 Å². The Morgan fingerprint density at radius 1 is 1.12 bits per heavy atom. The van der Waals surface area contributed by atoms with Crippen LogP contribution < -0.4 is 5.73 Å². The maximum absolute atomic E-state index is 11.1. The van der Waals surface area contributed by atoms with E-state index in [-0.39, 0.29) is 17.9 Å². The maximum Gasteiger partial charge on any atom is 0.220 e. The van der Waals surface area contributed by atoms with E-state index < -0.39 is 0 Å². The van der Waals surface area contributed by atoms with Gasteiger partial charge in [-0.1, -0.05) is 12.8 Å². The molecule has 92 valence electrons. The van der Waals surface area contributed by atoms with Crippen LogP contribution in [0.1, 0.15) is 38.5 Å². The van der Waals surface area contributed by atoms with E-state index in [4.69, 9.17) is 5.73 Å². The molecule has 2 aliphatic rings. The number of aliphatic hydroxyl groups is 1. The molecular weight excluding hydrogens is 204 g/mol. The van der Waals surface area contributed by atoms with E-state index >= 15 is 0 Å². The van der Waals surface area contributed by atoms with Gasteiger partial charge in [0.05, 0.1) is 6.10 Å². The molecule has 0 spiro atoms. The summed E-state index contributed by atoms with van der Waals surface area (Å²) in [7, 11) is 0. The van der Waals surface area contributed by atoms with Gasteiger partial charge in [0.15, 0.2) is 0 Å². The van der Waals surface area contributed by atoms with Gasteiger partial charge in [-0.2, -0.15) is 0 Å². The van der Waals surface area contributed by atoms with Crippen LogP contribution in [0.25, 0.3) is 0 Å². The lowest BCUT2D eigenvalue weighted by Crippen LogP contribution is -2.49. The van der Waals surface area contributed by atoms with E-state index in [1.54, 1.807) is 0 Å². The zero-order chi connectivity index (χ0) is 11.5. The minimum Gasteiger partial charge on any atom is -0.391 e. The van der Waals surface area contributed by atoms with Crippen molar-refractivity contribution >= 4 is 5.91 Å². The Morgan fingerprint density at radius 2 is 1.75 bits per heavy atom. The second-order valence-corrected chi connectivity index (χ2v) is 5.13. The predicted molar refractivity (Wildman–Crippen MR) is 61.8 cm³/mol. The van der Waals surface area contributed by atoms with E-state index in [0.29, 0.717) is 6.04 Å². The van der Waals surface area contributed by atoms with Crippen molar-refractivity contribution in [2.24, 2.45) is 11.7 Å². The van der Waals surface area contributed by atoms with Gasteiger partial charge >= 0.3 is 0 Å². The Balaban J connectivity index is 1.85. The summed E-state index contributed by atoms with van der Waals surface area (Å²) in [6.07, 6.45) is 5.95. The Hall–Kier alpha value is -0.610. The molecule has 0 aromatic carbocycles. The molecule has 2 atom stereocenters. The normalized spacial score (nSPS) is 33.8. The third-order valence-corrected chi connectivity index (χ3v) is 4.09. The fourth-order valence-corrected chi connectivity index (χ4v) is 3.03. The molecule has 0 bridgehead atoms. The number of amides is 1. The number of carbonyl (C=O) groups excluding carboxylic acids is 1. The highest BCUT2D eigenvalue weighted by atomic mass is 16.3. The summed E-state index contributed by atoms with van der Waals surface area (Å²) < 4.78 is 0. The molecule has 2 rings (SSSR count). The standard InChI is InChI=1S/C12H22N2O2/c13-12(16)9-5-7-14(8-6-9)10-3-1-2-4-11(10)15/h9-11,15H,1-8H2,(H2,13,16)/t10-,11-/m1/s1. The Morgan fingerprint density at radius 3 is 2.31 bits per heavy atom. The van der Waals surface area contributed by atoms with Crippen LogP contribution >= 0.6 is 0 Å². The first-order chi connectivity index (χ1) is 7.68. The smallest absolute Gasteiger partial charge is 0.220 e. The third kappa shape index (κ3) is 2.55. The van der Waals surface area contributed by atoms with Crippen LogP contribution in [-0.2, 0) is 4.79 Å². The molecule has 4 heteroatoms. The lowest BCUT2D eigenvalue weighted by molar-refractivity contribution is -0.123. The predicted octanol–water partition coefficient (Wildman–Crippen LogP) is 0.487. The topological polar surface area (TPSA) is 66.6 Å². The number of likely N-dealkylation sites (tertiary alicyclic amines) is 1. The van der Waals surface area contributed by atoms with Crippen LogP contribution in [0, 0.1) is 5.92 Å². The van der Waals surface area contributed by atoms with Crippen molar-refractivity contribution in [2.45, 2.75) is 50.7 Å². The van der Waals surface area contributed by atoms with Gasteiger partial charge in [0.1, 0.15) is 0 Å². The number of nitrogens with two attached hydrogens (primary N) is 1. The van der Waals surface area contributed by atoms with Crippen molar-refractivity contribution in [3.63, 3.8) is 0 Å². The van der Waals surface area contributed by atoms with Crippen LogP contribution in [0.2, 0.25) is 0 Å². The molecule has 0 aromatic rings. The number of aliphatic hydroxyl groups excluding tert-OH is 1. The second-order valence-electron chi connectivity index (χ2n) is 5.13. The summed E-state index contributed by atoms with van der Waals surface area (Å²) in [4.78, 5) is 13.4. The van der Waals surface area contributed by atoms with Gasteiger partial charge in [-0.3, -0.25) is 9.69 Å². The number of hydrogen-bond donors (Lipinski definition) is 2. The average molecular weight is 226 g/mol. The summed E-state index contributed by atoms with van der Waals surface area (Å²) in [5, 5.41) is 9.96. The molecule has 1 aliphatic carbocycles. The first-order valence-electron chi connectivity index (χ1n) is 6.40. The van der Waals surface area contributed by atoms with Gasteiger partial charge in [0, 0.05) is 12.0 Å². The molecule has 1 saturated carbocycles. The molecule has 1 heterocycles. The van der Waals surface area contributed by atoms with Crippen molar-refractivity contribution in [3.8, 4) is 0 Å². The van der Waals surface area contributed by atoms with E-state index in [0.717, 1.165) is 45.2 Å². The number of piperidine rings is 1. The SMILES string of the molecule is NC(=O)C1CCN([C@@H]2CCCC[C@H]2O)CC1. The van der Waals surface area contributed by atoms with Crippen LogP contribution in [0.15, 0.2) is 0 Å². The molecule has 0 aromatic heterocycles. The van der Waals surface area contributed by atoms with Gasteiger partial charge < -0.3 is 10.8 Å². The molecule has 1 saturated heterocycles. The maximum atomic E-state index is 11.1. The molecule has 1 aliphatic heterocycles. The molecule has 2 fully saturated rings. The quantitative estimate of drug-likeness (QED) is 0.720. The second kappa shape index (κ2) is 5.15.